The summed E-state index contributed by atoms with van der Waals surface area (Å²) in [5.74, 6) is 0.0345. The van der Waals surface area contributed by atoms with Crippen LogP contribution < -0.4 is 5.32 Å². The van der Waals surface area contributed by atoms with Crippen LogP contribution in [0, 0.1) is 0 Å². The Hall–Kier alpha value is -2.62. The molecule has 3 nitrogen and oxygen atoms in total. The lowest BCUT2D eigenvalue weighted by atomic mass is 9.81. The number of hydrogen-bond donors (Lipinski definition) is 1. The highest BCUT2D eigenvalue weighted by Crippen LogP contribution is 2.43. The number of amides is 1. The van der Waals surface area contributed by atoms with Crippen LogP contribution in [0.2, 0.25) is 5.02 Å². The Labute approximate surface area is 183 Å². The standard InChI is InChI=1S/C26H26ClNO2/c1-26(28-25(29)16-19-8-4-2-5-9-19)17-23(20-10-6-3-7-11-20)30-24(18-26)21-12-14-22(27)15-13-21/h2-15,23-24H,16-18H2,1H3,(H,28,29)/t23-,24+,26-/m1/s1. The lowest BCUT2D eigenvalue weighted by molar-refractivity contribution is -0.128. The number of benzene rings is 3. The minimum absolute atomic E-state index is 0.0345. The van der Waals surface area contributed by atoms with E-state index in [2.05, 4.69) is 24.4 Å². The van der Waals surface area contributed by atoms with E-state index in [0.717, 1.165) is 23.1 Å². The molecule has 30 heavy (non-hydrogen) atoms. The van der Waals surface area contributed by atoms with Gasteiger partial charge in [0.25, 0.3) is 0 Å². The van der Waals surface area contributed by atoms with Crippen LogP contribution in [0.3, 0.4) is 0 Å². The first-order chi connectivity index (χ1) is 14.5. The lowest BCUT2D eigenvalue weighted by Gasteiger charge is -2.43. The van der Waals surface area contributed by atoms with Crippen molar-refractivity contribution in [3.63, 3.8) is 0 Å². The molecule has 0 unspecified atom stereocenters. The van der Waals surface area contributed by atoms with Gasteiger partial charge in [0, 0.05) is 23.4 Å². The second-order valence-corrected chi connectivity index (χ2v) is 8.69. The highest BCUT2D eigenvalue weighted by Gasteiger charge is 2.40. The second-order valence-electron chi connectivity index (χ2n) is 8.26. The zero-order valence-corrected chi connectivity index (χ0v) is 17.8. The summed E-state index contributed by atoms with van der Waals surface area (Å²) in [7, 11) is 0. The zero-order valence-electron chi connectivity index (χ0n) is 17.1. The van der Waals surface area contributed by atoms with Gasteiger partial charge in [-0.3, -0.25) is 4.79 Å². The molecule has 1 saturated heterocycles. The topological polar surface area (TPSA) is 38.3 Å². The van der Waals surface area contributed by atoms with Crippen LogP contribution in [-0.2, 0) is 16.0 Å². The van der Waals surface area contributed by atoms with Crippen molar-refractivity contribution in [2.45, 2.75) is 43.9 Å². The fourth-order valence-corrected chi connectivity index (χ4v) is 4.32. The van der Waals surface area contributed by atoms with Crippen molar-refractivity contribution < 1.29 is 9.53 Å². The molecule has 0 radical (unpaired) electrons. The monoisotopic (exact) mass is 419 g/mol. The molecule has 3 aromatic rings. The first kappa shape index (κ1) is 20.6. The third-order valence-electron chi connectivity index (χ3n) is 5.66. The molecule has 0 spiro atoms. The van der Waals surface area contributed by atoms with Crippen LogP contribution in [0.5, 0.6) is 0 Å². The highest BCUT2D eigenvalue weighted by atomic mass is 35.5. The summed E-state index contributed by atoms with van der Waals surface area (Å²) < 4.78 is 6.50. The molecule has 0 aromatic heterocycles. The number of rotatable bonds is 5. The van der Waals surface area contributed by atoms with Gasteiger partial charge in [-0.25, -0.2) is 0 Å². The van der Waals surface area contributed by atoms with Crippen molar-refractivity contribution >= 4 is 17.5 Å². The molecule has 1 aliphatic heterocycles. The van der Waals surface area contributed by atoms with Crippen molar-refractivity contribution in [3.05, 3.63) is 107 Å². The number of ether oxygens (including phenoxy) is 1. The van der Waals surface area contributed by atoms with Gasteiger partial charge in [-0.05, 0) is 35.7 Å². The van der Waals surface area contributed by atoms with Gasteiger partial charge in [-0.2, -0.15) is 0 Å². The molecule has 1 aliphatic rings. The lowest BCUT2D eigenvalue weighted by Crippen LogP contribution is -2.51. The van der Waals surface area contributed by atoms with Crippen LogP contribution in [0.4, 0.5) is 0 Å². The first-order valence-corrected chi connectivity index (χ1v) is 10.7. The summed E-state index contributed by atoms with van der Waals surface area (Å²) in [6.07, 6.45) is 1.59. The van der Waals surface area contributed by atoms with Gasteiger partial charge in [0.1, 0.15) is 0 Å². The number of hydrogen-bond acceptors (Lipinski definition) is 2. The molecule has 1 N–H and O–H groups in total. The highest BCUT2D eigenvalue weighted by molar-refractivity contribution is 6.30. The summed E-state index contributed by atoms with van der Waals surface area (Å²) in [5, 5.41) is 4.01. The van der Waals surface area contributed by atoms with Crippen LogP contribution in [0.15, 0.2) is 84.9 Å². The molecule has 0 saturated carbocycles. The minimum Gasteiger partial charge on any atom is -0.365 e. The average Bonchev–Trinajstić information content (AvgIpc) is 2.75. The maximum atomic E-state index is 12.8. The molecule has 4 heteroatoms. The molecule has 1 fully saturated rings. The molecule has 0 aliphatic carbocycles. The summed E-state index contributed by atoms with van der Waals surface area (Å²) in [6.45, 7) is 2.12. The van der Waals surface area contributed by atoms with Crippen LogP contribution >= 0.6 is 11.6 Å². The Morgan fingerprint density at radius 1 is 0.900 bits per heavy atom. The first-order valence-electron chi connectivity index (χ1n) is 10.3. The smallest absolute Gasteiger partial charge is 0.224 e. The van der Waals surface area contributed by atoms with Gasteiger partial charge >= 0.3 is 0 Å². The maximum Gasteiger partial charge on any atom is 0.224 e. The Morgan fingerprint density at radius 2 is 1.43 bits per heavy atom. The van der Waals surface area contributed by atoms with Gasteiger partial charge in [-0.15, -0.1) is 0 Å². The summed E-state index contributed by atoms with van der Waals surface area (Å²) in [4.78, 5) is 12.8. The van der Waals surface area contributed by atoms with Crippen molar-refractivity contribution in [2.24, 2.45) is 0 Å². The third kappa shape index (κ3) is 5.10. The SMILES string of the molecule is C[C@]1(NC(=O)Cc2ccccc2)C[C@@H](c2ccc(Cl)cc2)O[C@@H](c2ccccc2)C1. The predicted molar refractivity (Wildman–Crippen MR) is 120 cm³/mol. The summed E-state index contributed by atoms with van der Waals surface area (Å²) >= 11 is 6.08. The Kier molecular flexibility index (Phi) is 6.21. The average molecular weight is 420 g/mol. The van der Waals surface area contributed by atoms with Crippen molar-refractivity contribution in [2.75, 3.05) is 0 Å². The van der Waals surface area contributed by atoms with Crippen LogP contribution in [0.25, 0.3) is 0 Å². The van der Waals surface area contributed by atoms with E-state index >= 15 is 0 Å². The molecule has 1 amide bonds. The minimum atomic E-state index is -0.380. The van der Waals surface area contributed by atoms with E-state index in [1.54, 1.807) is 0 Å². The van der Waals surface area contributed by atoms with Crippen molar-refractivity contribution in [1.82, 2.24) is 5.32 Å². The Balaban J connectivity index is 1.56. The third-order valence-corrected chi connectivity index (χ3v) is 5.91. The van der Waals surface area contributed by atoms with E-state index < -0.39 is 0 Å². The molecule has 0 bridgehead atoms. The van der Waals surface area contributed by atoms with E-state index in [-0.39, 0.29) is 23.7 Å². The van der Waals surface area contributed by atoms with E-state index in [4.69, 9.17) is 16.3 Å². The van der Waals surface area contributed by atoms with Crippen LogP contribution in [-0.4, -0.2) is 11.4 Å². The molecular weight excluding hydrogens is 394 g/mol. The maximum absolute atomic E-state index is 12.8. The van der Waals surface area contributed by atoms with E-state index in [9.17, 15) is 4.79 Å². The zero-order chi connectivity index (χ0) is 21.0. The largest absolute Gasteiger partial charge is 0.365 e. The van der Waals surface area contributed by atoms with E-state index in [1.807, 2.05) is 72.8 Å². The van der Waals surface area contributed by atoms with E-state index in [0.29, 0.717) is 17.9 Å². The Morgan fingerprint density at radius 3 is 2.03 bits per heavy atom. The predicted octanol–water partition coefficient (Wildman–Crippen LogP) is 6.05. The second kappa shape index (κ2) is 9.03. The molecule has 4 rings (SSSR count). The van der Waals surface area contributed by atoms with Gasteiger partial charge in [0.05, 0.1) is 18.6 Å². The summed E-state index contributed by atoms with van der Waals surface area (Å²) in [6, 6.07) is 27.8. The van der Waals surface area contributed by atoms with Gasteiger partial charge < -0.3 is 10.1 Å². The fourth-order valence-electron chi connectivity index (χ4n) is 4.20. The summed E-state index contributed by atoms with van der Waals surface area (Å²) in [5.41, 5.74) is 2.83. The van der Waals surface area contributed by atoms with Gasteiger partial charge in [0.15, 0.2) is 0 Å². The van der Waals surface area contributed by atoms with Crippen molar-refractivity contribution in [3.8, 4) is 0 Å². The van der Waals surface area contributed by atoms with Gasteiger partial charge in [0.2, 0.25) is 5.91 Å². The fraction of sp³-hybridized carbons (Fsp3) is 0.269. The molecule has 1 heterocycles. The van der Waals surface area contributed by atoms with Crippen molar-refractivity contribution in [1.29, 1.82) is 0 Å². The quantitative estimate of drug-likeness (QED) is 0.546. The normalized spacial score (nSPS) is 23.7. The number of nitrogens with one attached hydrogen (secondary N) is 1. The molecular formula is C26H26ClNO2. The molecule has 154 valence electrons. The molecule has 3 atom stereocenters. The number of halogens is 1. The van der Waals surface area contributed by atoms with Crippen LogP contribution in [0.1, 0.15) is 48.7 Å². The van der Waals surface area contributed by atoms with Gasteiger partial charge in [-0.1, -0.05) is 84.4 Å². The molecule has 3 aromatic carbocycles. The number of carbonyl (C=O) groups excluding carboxylic acids is 1. The van der Waals surface area contributed by atoms with E-state index in [1.165, 1.54) is 0 Å². The Bertz CT molecular complexity index is 975. The number of carbonyl (C=O) groups is 1.